The summed E-state index contributed by atoms with van der Waals surface area (Å²) in [6.45, 7) is 15.8. The Balaban J connectivity index is 2.15. The maximum absolute atomic E-state index is 2.82. The molecule has 2 aliphatic rings. The van der Waals surface area contributed by atoms with Crippen LogP contribution in [0.2, 0.25) is 0 Å². The van der Waals surface area contributed by atoms with E-state index < -0.39 is 0 Å². The average Bonchev–Trinajstić information content (AvgIpc) is 2.74. The van der Waals surface area contributed by atoms with Crippen LogP contribution >= 0.6 is 0 Å². The number of hydrogen-bond acceptors (Lipinski definition) is 1. The van der Waals surface area contributed by atoms with E-state index in [-0.39, 0.29) is 0 Å². The largest absolute Gasteiger partial charge is 0.296 e. The molecule has 1 saturated carbocycles. The van der Waals surface area contributed by atoms with Crippen LogP contribution < -0.4 is 0 Å². The Bertz CT molecular complexity index is 257. The zero-order valence-electron chi connectivity index (χ0n) is 12.0. The summed E-state index contributed by atoms with van der Waals surface area (Å²) in [6, 6.07) is 1.54. The lowest BCUT2D eigenvalue weighted by Crippen LogP contribution is -2.46. The molecule has 94 valence electrons. The molecule has 16 heavy (non-hydrogen) atoms. The van der Waals surface area contributed by atoms with Crippen molar-refractivity contribution < 1.29 is 0 Å². The number of hydrogen-bond donors (Lipinski definition) is 0. The van der Waals surface area contributed by atoms with Crippen LogP contribution in [-0.4, -0.2) is 23.5 Å². The van der Waals surface area contributed by atoms with E-state index in [2.05, 4.69) is 46.4 Å². The molecule has 0 aromatic heterocycles. The highest BCUT2D eigenvalue weighted by molar-refractivity contribution is 5.08. The van der Waals surface area contributed by atoms with Gasteiger partial charge in [-0.2, -0.15) is 0 Å². The average molecular weight is 223 g/mol. The minimum atomic E-state index is 0.440. The molecule has 2 rings (SSSR count). The second kappa shape index (κ2) is 3.73. The zero-order chi connectivity index (χ0) is 12.1. The van der Waals surface area contributed by atoms with Gasteiger partial charge in [-0.1, -0.05) is 34.6 Å². The minimum Gasteiger partial charge on any atom is -0.296 e. The SMILES string of the molecule is CC(C)C(C)N1CC2(CC2)C[C@H]1C(C)(C)C. The second-order valence-electron chi connectivity index (χ2n) is 7.74. The van der Waals surface area contributed by atoms with Gasteiger partial charge in [-0.05, 0) is 42.9 Å². The molecule has 0 aromatic rings. The summed E-state index contributed by atoms with van der Waals surface area (Å²) in [6.07, 6.45) is 4.43. The van der Waals surface area contributed by atoms with Crippen LogP contribution in [0.1, 0.15) is 60.8 Å². The molecule has 1 saturated heterocycles. The number of likely N-dealkylation sites (tertiary alicyclic amines) is 1. The van der Waals surface area contributed by atoms with Gasteiger partial charge in [0, 0.05) is 18.6 Å². The van der Waals surface area contributed by atoms with Gasteiger partial charge in [-0.15, -0.1) is 0 Å². The van der Waals surface area contributed by atoms with E-state index >= 15 is 0 Å². The molecular weight excluding hydrogens is 194 g/mol. The lowest BCUT2D eigenvalue weighted by Gasteiger charge is -2.40. The first kappa shape index (κ1) is 12.4. The molecule has 1 unspecified atom stereocenters. The molecule has 2 fully saturated rings. The van der Waals surface area contributed by atoms with Gasteiger partial charge >= 0.3 is 0 Å². The Kier molecular flexibility index (Phi) is 2.89. The van der Waals surface area contributed by atoms with Gasteiger partial charge in [0.15, 0.2) is 0 Å². The van der Waals surface area contributed by atoms with Crippen molar-refractivity contribution >= 4 is 0 Å². The van der Waals surface area contributed by atoms with Crippen LogP contribution in [-0.2, 0) is 0 Å². The van der Waals surface area contributed by atoms with E-state index in [4.69, 9.17) is 0 Å². The predicted octanol–water partition coefficient (Wildman–Crippen LogP) is 3.93. The van der Waals surface area contributed by atoms with Gasteiger partial charge in [-0.3, -0.25) is 4.90 Å². The molecule has 0 radical (unpaired) electrons. The van der Waals surface area contributed by atoms with Gasteiger partial charge in [0.2, 0.25) is 0 Å². The highest BCUT2D eigenvalue weighted by Gasteiger charge is 2.55. The summed E-state index contributed by atoms with van der Waals surface area (Å²) >= 11 is 0. The highest BCUT2D eigenvalue weighted by atomic mass is 15.2. The van der Waals surface area contributed by atoms with Crippen molar-refractivity contribution in [2.75, 3.05) is 6.54 Å². The Morgan fingerprint density at radius 3 is 2.06 bits per heavy atom. The van der Waals surface area contributed by atoms with Crippen LogP contribution in [0.4, 0.5) is 0 Å². The molecule has 0 aromatic carbocycles. The maximum Gasteiger partial charge on any atom is 0.0153 e. The normalized spacial score (nSPS) is 31.3. The monoisotopic (exact) mass is 223 g/mol. The van der Waals surface area contributed by atoms with Crippen molar-refractivity contribution in [3.8, 4) is 0 Å². The third-order valence-corrected chi connectivity index (χ3v) is 4.99. The summed E-state index contributed by atoms with van der Waals surface area (Å²) in [5.41, 5.74) is 1.18. The van der Waals surface area contributed by atoms with E-state index in [9.17, 15) is 0 Å². The molecule has 1 heterocycles. The van der Waals surface area contributed by atoms with Gasteiger partial charge in [0.1, 0.15) is 0 Å². The summed E-state index contributed by atoms with van der Waals surface area (Å²) < 4.78 is 0. The lowest BCUT2D eigenvalue weighted by molar-refractivity contribution is 0.0822. The minimum absolute atomic E-state index is 0.440. The van der Waals surface area contributed by atoms with Crippen LogP contribution in [0.3, 0.4) is 0 Å². The first-order chi connectivity index (χ1) is 7.25. The van der Waals surface area contributed by atoms with Crippen LogP contribution in [0.25, 0.3) is 0 Å². The van der Waals surface area contributed by atoms with Gasteiger partial charge in [-0.25, -0.2) is 0 Å². The lowest BCUT2D eigenvalue weighted by atomic mass is 9.82. The fourth-order valence-corrected chi connectivity index (χ4v) is 3.24. The Hall–Kier alpha value is -0.0400. The van der Waals surface area contributed by atoms with E-state index in [1.807, 2.05) is 0 Å². The fourth-order valence-electron chi connectivity index (χ4n) is 3.24. The molecule has 0 bridgehead atoms. The number of nitrogens with zero attached hydrogens (tertiary/aromatic N) is 1. The van der Waals surface area contributed by atoms with E-state index in [1.54, 1.807) is 0 Å². The van der Waals surface area contributed by atoms with E-state index in [0.29, 0.717) is 5.41 Å². The van der Waals surface area contributed by atoms with Gasteiger partial charge in [0.25, 0.3) is 0 Å². The summed E-state index contributed by atoms with van der Waals surface area (Å²) in [5, 5.41) is 0. The predicted molar refractivity (Wildman–Crippen MR) is 70.5 cm³/mol. The topological polar surface area (TPSA) is 3.24 Å². The molecule has 0 amide bonds. The van der Waals surface area contributed by atoms with Crippen molar-refractivity contribution in [1.29, 1.82) is 0 Å². The Labute approximate surface area is 102 Å². The molecular formula is C15H29N. The molecule has 2 atom stereocenters. The smallest absolute Gasteiger partial charge is 0.0153 e. The molecule has 1 spiro atoms. The Morgan fingerprint density at radius 2 is 1.69 bits per heavy atom. The fraction of sp³-hybridized carbons (Fsp3) is 1.00. The molecule has 0 N–H and O–H groups in total. The molecule has 1 nitrogen and oxygen atoms in total. The summed E-state index contributed by atoms with van der Waals surface area (Å²) in [7, 11) is 0. The Morgan fingerprint density at radius 1 is 1.12 bits per heavy atom. The standard InChI is InChI=1S/C15H29N/c1-11(2)12(3)16-10-15(7-8-15)9-13(16)14(4,5)6/h11-13H,7-10H2,1-6H3/t12?,13-/m0/s1. The molecule has 1 aliphatic carbocycles. The quantitative estimate of drug-likeness (QED) is 0.685. The zero-order valence-corrected chi connectivity index (χ0v) is 12.0. The highest BCUT2D eigenvalue weighted by Crippen LogP contribution is 2.57. The maximum atomic E-state index is 2.82. The van der Waals surface area contributed by atoms with Crippen molar-refractivity contribution in [1.82, 2.24) is 4.90 Å². The van der Waals surface area contributed by atoms with E-state index in [1.165, 1.54) is 25.8 Å². The van der Waals surface area contributed by atoms with Crippen LogP contribution in [0.5, 0.6) is 0 Å². The third kappa shape index (κ3) is 2.16. The first-order valence-corrected chi connectivity index (χ1v) is 7.01. The van der Waals surface area contributed by atoms with E-state index in [0.717, 1.165) is 23.4 Å². The second-order valence-corrected chi connectivity index (χ2v) is 7.74. The first-order valence-electron chi connectivity index (χ1n) is 7.01. The van der Waals surface area contributed by atoms with Crippen molar-refractivity contribution in [3.63, 3.8) is 0 Å². The van der Waals surface area contributed by atoms with Crippen molar-refractivity contribution in [2.24, 2.45) is 16.7 Å². The molecule has 1 heteroatoms. The summed E-state index contributed by atoms with van der Waals surface area (Å²) in [4.78, 5) is 2.82. The van der Waals surface area contributed by atoms with Crippen LogP contribution in [0, 0.1) is 16.7 Å². The summed E-state index contributed by atoms with van der Waals surface area (Å²) in [5.74, 6) is 0.777. The van der Waals surface area contributed by atoms with Gasteiger partial charge in [0.05, 0.1) is 0 Å². The third-order valence-electron chi connectivity index (χ3n) is 4.99. The van der Waals surface area contributed by atoms with Gasteiger partial charge < -0.3 is 0 Å². The van der Waals surface area contributed by atoms with Crippen molar-refractivity contribution in [2.45, 2.75) is 72.9 Å². The molecule has 1 aliphatic heterocycles. The number of rotatable bonds is 2. The van der Waals surface area contributed by atoms with Crippen LogP contribution in [0.15, 0.2) is 0 Å². The van der Waals surface area contributed by atoms with Crippen molar-refractivity contribution in [3.05, 3.63) is 0 Å².